The maximum absolute atomic E-state index is 14.8. The standard InChI is InChI=1S/C25H27F3N6O2/c1-13(16-5-4-6-17(21(16)26)23(27)28)29-24-18-11-19(25(36-3)30-22(18)14(2)31-32-24)33-9-10-34-15(12-33)7-8-20(34)35/h4-6,11,13,15,23H,7-10,12H2,1-3H3,(H,29,32)/t13-,15-/m1/s1. The number of ether oxygens (including phenoxy) is 1. The van der Waals surface area contributed by atoms with Crippen LogP contribution in [0.25, 0.3) is 10.9 Å². The summed E-state index contributed by atoms with van der Waals surface area (Å²) in [5.74, 6) is 0.0428. The minimum atomic E-state index is -2.91. The number of hydrogen-bond acceptors (Lipinski definition) is 7. The molecule has 0 aliphatic carbocycles. The van der Waals surface area contributed by atoms with Gasteiger partial charge in [0.15, 0.2) is 5.82 Å². The Kier molecular flexibility index (Phi) is 6.31. The molecule has 0 radical (unpaired) electrons. The van der Waals surface area contributed by atoms with Crippen molar-refractivity contribution >= 4 is 28.3 Å². The first-order valence-electron chi connectivity index (χ1n) is 11.9. The highest BCUT2D eigenvalue weighted by molar-refractivity contribution is 5.94. The number of nitrogens with one attached hydrogen (secondary N) is 1. The third kappa shape index (κ3) is 4.16. The molecule has 1 amide bonds. The second kappa shape index (κ2) is 9.44. The molecule has 2 aliphatic rings. The lowest BCUT2D eigenvalue weighted by atomic mass is 10.0. The second-order valence-electron chi connectivity index (χ2n) is 9.19. The molecule has 0 unspecified atom stereocenters. The van der Waals surface area contributed by atoms with Crippen molar-refractivity contribution in [2.75, 3.05) is 37.0 Å². The van der Waals surface area contributed by atoms with Crippen molar-refractivity contribution in [3.8, 4) is 5.88 Å². The molecule has 4 heterocycles. The fourth-order valence-electron chi connectivity index (χ4n) is 5.09. The van der Waals surface area contributed by atoms with Crippen LogP contribution in [0.1, 0.15) is 49.1 Å². The molecule has 3 aromatic rings. The van der Waals surface area contributed by atoms with E-state index in [-0.39, 0.29) is 17.5 Å². The summed E-state index contributed by atoms with van der Waals surface area (Å²) in [5, 5.41) is 12.3. The Balaban J connectivity index is 1.52. The van der Waals surface area contributed by atoms with Crippen LogP contribution in [-0.2, 0) is 4.79 Å². The highest BCUT2D eigenvalue weighted by Gasteiger charge is 2.36. The third-order valence-electron chi connectivity index (χ3n) is 7.01. The number of halogens is 3. The number of amides is 1. The molecule has 36 heavy (non-hydrogen) atoms. The number of rotatable bonds is 6. The molecule has 2 atom stereocenters. The number of carbonyl (C=O) groups excluding carboxylic acids is 1. The van der Waals surface area contributed by atoms with Gasteiger partial charge in [0, 0.05) is 43.0 Å². The fourth-order valence-corrected chi connectivity index (χ4v) is 5.09. The van der Waals surface area contributed by atoms with Crippen LogP contribution in [-0.4, -0.2) is 58.8 Å². The number of aromatic nitrogens is 3. The van der Waals surface area contributed by atoms with Gasteiger partial charge >= 0.3 is 0 Å². The van der Waals surface area contributed by atoms with E-state index in [4.69, 9.17) is 9.72 Å². The number of alkyl halides is 2. The summed E-state index contributed by atoms with van der Waals surface area (Å²) in [6.07, 6.45) is -1.53. The molecule has 0 bridgehead atoms. The van der Waals surface area contributed by atoms with Crippen molar-refractivity contribution in [2.45, 2.75) is 45.2 Å². The van der Waals surface area contributed by atoms with Gasteiger partial charge < -0.3 is 19.9 Å². The van der Waals surface area contributed by atoms with Crippen LogP contribution in [0.3, 0.4) is 0 Å². The van der Waals surface area contributed by atoms with E-state index >= 15 is 0 Å². The number of hydrogen-bond donors (Lipinski definition) is 1. The molecule has 2 saturated heterocycles. The SMILES string of the molecule is COc1nc2c(C)nnc(N[C@H](C)c3cccc(C(F)F)c3F)c2cc1N1CCN2C(=O)CC[C@@H]2C1. The predicted molar refractivity (Wildman–Crippen MR) is 129 cm³/mol. The molecular weight excluding hydrogens is 473 g/mol. The highest BCUT2D eigenvalue weighted by Crippen LogP contribution is 2.37. The number of anilines is 2. The smallest absolute Gasteiger partial charge is 0.266 e. The monoisotopic (exact) mass is 500 g/mol. The van der Waals surface area contributed by atoms with Crippen molar-refractivity contribution in [3.05, 3.63) is 46.9 Å². The number of pyridine rings is 1. The third-order valence-corrected chi connectivity index (χ3v) is 7.01. The van der Waals surface area contributed by atoms with Crippen LogP contribution >= 0.6 is 0 Å². The number of carbonyl (C=O) groups is 1. The van der Waals surface area contributed by atoms with E-state index < -0.39 is 23.8 Å². The maximum Gasteiger partial charge on any atom is 0.266 e. The molecule has 0 spiro atoms. The van der Waals surface area contributed by atoms with E-state index in [0.717, 1.165) is 18.2 Å². The second-order valence-corrected chi connectivity index (χ2v) is 9.19. The lowest BCUT2D eigenvalue weighted by Gasteiger charge is -2.39. The Morgan fingerprint density at radius 2 is 1.97 bits per heavy atom. The topological polar surface area (TPSA) is 83.5 Å². The summed E-state index contributed by atoms with van der Waals surface area (Å²) < 4.78 is 46.8. The molecule has 2 fully saturated rings. The van der Waals surface area contributed by atoms with E-state index in [1.54, 1.807) is 21.0 Å². The number of benzene rings is 1. The van der Waals surface area contributed by atoms with E-state index in [1.807, 2.05) is 11.0 Å². The largest absolute Gasteiger partial charge is 0.480 e. The minimum absolute atomic E-state index is 0.104. The number of piperazine rings is 1. The Morgan fingerprint density at radius 1 is 1.19 bits per heavy atom. The molecule has 190 valence electrons. The molecular formula is C25H27F3N6O2. The van der Waals surface area contributed by atoms with Crippen molar-refractivity contribution < 1.29 is 22.7 Å². The Hall–Kier alpha value is -3.63. The van der Waals surface area contributed by atoms with Crippen molar-refractivity contribution in [1.82, 2.24) is 20.1 Å². The molecule has 8 nitrogen and oxygen atoms in total. The highest BCUT2D eigenvalue weighted by atomic mass is 19.3. The predicted octanol–water partition coefficient (Wildman–Crippen LogP) is 4.40. The summed E-state index contributed by atoms with van der Waals surface area (Å²) >= 11 is 0. The van der Waals surface area contributed by atoms with Crippen LogP contribution in [0.2, 0.25) is 0 Å². The quantitative estimate of drug-likeness (QED) is 0.537. The summed E-state index contributed by atoms with van der Waals surface area (Å²) in [5.41, 5.74) is 1.38. The molecule has 1 aromatic carbocycles. The zero-order chi connectivity index (χ0) is 25.6. The van der Waals surface area contributed by atoms with Crippen LogP contribution in [0.5, 0.6) is 5.88 Å². The molecule has 1 N–H and O–H groups in total. The van der Waals surface area contributed by atoms with Crippen molar-refractivity contribution in [3.63, 3.8) is 0 Å². The van der Waals surface area contributed by atoms with Crippen LogP contribution in [0.4, 0.5) is 24.7 Å². The van der Waals surface area contributed by atoms with Crippen molar-refractivity contribution in [2.24, 2.45) is 0 Å². The first kappa shape index (κ1) is 24.1. The van der Waals surface area contributed by atoms with Gasteiger partial charge in [-0.2, -0.15) is 5.10 Å². The molecule has 11 heteroatoms. The minimum Gasteiger partial charge on any atom is -0.480 e. The summed E-state index contributed by atoms with van der Waals surface area (Å²) in [6.45, 7) is 5.38. The number of aryl methyl sites for hydroxylation is 1. The van der Waals surface area contributed by atoms with Crippen molar-refractivity contribution in [1.29, 1.82) is 0 Å². The lowest BCUT2D eigenvalue weighted by molar-refractivity contribution is -0.129. The van der Waals surface area contributed by atoms with Gasteiger partial charge in [0.2, 0.25) is 11.8 Å². The van der Waals surface area contributed by atoms with E-state index in [2.05, 4.69) is 20.4 Å². The van der Waals surface area contributed by atoms with Crippen LogP contribution in [0.15, 0.2) is 24.3 Å². The normalized spacial score (nSPS) is 18.6. The molecule has 0 saturated carbocycles. The van der Waals surface area contributed by atoms with Gasteiger partial charge in [0.25, 0.3) is 6.43 Å². The van der Waals surface area contributed by atoms with Gasteiger partial charge in [-0.3, -0.25) is 4.79 Å². The number of nitrogens with zero attached hydrogens (tertiary/aromatic N) is 5. The molecule has 5 rings (SSSR count). The average Bonchev–Trinajstić information content (AvgIpc) is 3.24. The summed E-state index contributed by atoms with van der Waals surface area (Å²) in [4.78, 5) is 20.9. The van der Waals surface area contributed by atoms with Gasteiger partial charge in [-0.25, -0.2) is 18.2 Å². The number of methoxy groups -OCH3 is 1. The first-order chi connectivity index (χ1) is 17.3. The van der Waals surface area contributed by atoms with E-state index in [0.29, 0.717) is 54.3 Å². The zero-order valence-electron chi connectivity index (χ0n) is 20.3. The van der Waals surface area contributed by atoms with Gasteiger partial charge in [-0.05, 0) is 26.3 Å². The lowest BCUT2D eigenvalue weighted by Crippen LogP contribution is -2.51. The zero-order valence-corrected chi connectivity index (χ0v) is 20.3. The Labute approximate surface area is 206 Å². The first-order valence-corrected chi connectivity index (χ1v) is 11.9. The maximum atomic E-state index is 14.8. The molecule has 2 aromatic heterocycles. The van der Waals surface area contributed by atoms with Crippen LogP contribution < -0.4 is 15.0 Å². The molecule has 2 aliphatic heterocycles. The Bertz CT molecular complexity index is 1320. The Morgan fingerprint density at radius 3 is 2.72 bits per heavy atom. The average molecular weight is 501 g/mol. The van der Waals surface area contributed by atoms with Crippen LogP contribution in [0, 0.1) is 12.7 Å². The summed E-state index contributed by atoms with van der Waals surface area (Å²) in [6, 6.07) is 5.36. The van der Waals surface area contributed by atoms with Gasteiger partial charge in [0.1, 0.15) is 17.0 Å². The summed E-state index contributed by atoms with van der Waals surface area (Å²) in [7, 11) is 1.55. The van der Waals surface area contributed by atoms with Gasteiger partial charge in [-0.1, -0.05) is 18.2 Å². The number of fused-ring (bicyclic) bond motifs is 2. The van der Waals surface area contributed by atoms with Gasteiger partial charge in [0.05, 0.1) is 24.4 Å². The fraction of sp³-hybridized carbons (Fsp3) is 0.440. The van der Waals surface area contributed by atoms with Gasteiger partial charge in [-0.15, -0.1) is 5.10 Å². The van der Waals surface area contributed by atoms with E-state index in [1.165, 1.54) is 12.1 Å². The van der Waals surface area contributed by atoms with E-state index in [9.17, 15) is 18.0 Å².